The highest BCUT2D eigenvalue weighted by molar-refractivity contribution is 7.92. The molecule has 0 saturated heterocycles. The molecule has 0 fully saturated rings. The Kier molecular flexibility index (Phi) is 10.5. The van der Waals surface area contributed by atoms with Crippen LogP contribution in [0.5, 0.6) is 0 Å². The summed E-state index contributed by atoms with van der Waals surface area (Å²) < 4.78 is 26.2. The fourth-order valence-electron chi connectivity index (χ4n) is 3.38. The summed E-state index contributed by atoms with van der Waals surface area (Å²) in [5.74, 6) is -0.943. The van der Waals surface area contributed by atoms with Crippen LogP contribution in [0.4, 0.5) is 5.69 Å². The van der Waals surface area contributed by atoms with Crippen molar-refractivity contribution >= 4 is 73.9 Å². The van der Waals surface area contributed by atoms with Crippen molar-refractivity contribution in [2.75, 3.05) is 17.1 Å². The van der Waals surface area contributed by atoms with Gasteiger partial charge in [-0.25, -0.2) is 8.42 Å². The first kappa shape index (κ1) is 29.5. The summed E-state index contributed by atoms with van der Waals surface area (Å²) in [6.45, 7) is 4.86. The average molecular weight is 583 g/mol. The maximum atomic E-state index is 13.6. The van der Waals surface area contributed by atoms with Gasteiger partial charge in [-0.15, -0.1) is 0 Å². The van der Waals surface area contributed by atoms with Crippen molar-refractivity contribution < 1.29 is 18.0 Å². The third-order valence-corrected chi connectivity index (χ3v) is 7.42. The zero-order valence-corrected chi connectivity index (χ0v) is 23.5. The molecule has 0 bridgehead atoms. The molecular formula is C23H27Cl4N3O4S. The van der Waals surface area contributed by atoms with Crippen LogP contribution < -0.4 is 9.62 Å². The van der Waals surface area contributed by atoms with E-state index in [1.165, 1.54) is 17.0 Å². The number of carbonyl (C=O) groups is 2. The van der Waals surface area contributed by atoms with Gasteiger partial charge in [-0.3, -0.25) is 13.9 Å². The number of anilines is 1. The van der Waals surface area contributed by atoms with Crippen molar-refractivity contribution in [3.8, 4) is 0 Å². The number of benzene rings is 2. The van der Waals surface area contributed by atoms with E-state index in [0.717, 1.165) is 16.1 Å². The van der Waals surface area contributed by atoms with Crippen LogP contribution in [0.3, 0.4) is 0 Å². The Morgan fingerprint density at radius 1 is 0.971 bits per heavy atom. The van der Waals surface area contributed by atoms with Crippen LogP contribution in [0.1, 0.15) is 32.8 Å². The summed E-state index contributed by atoms with van der Waals surface area (Å²) in [5.41, 5.74) is 0.722. The fourth-order valence-corrected chi connectivity index (χ4v) is 5.06. The standard InChI is InChI=1S/C23H27Cl4N3O4S/c1-5-20(23(32)28-14(2)3)29(12-15-6-8-16(24)9-7-15)22(31)13-30(35(4,33)34)21-11-18(26)17(25)10-19(21)27/h6-11,14,20H,5,12-13H2,1-4H3,(H,28,32)/t20-/m0/s1. The molecule has 1 N–H and O–H groups in total. The molecule has 2 amide bonds. The minimum absolute atomic E-state index is 0.00281. The van der Waals surface area contributed by atoms with Gasteiger partial charge < -0.3 is 10.2 Å². The van der Waals surface area contributed by atoms with E-state index in [2.05, 4.69) is 5.32 Å². The Morgan fingerprint density at radius 3 is 2.06 bits per heavy atom. The number of nitrogens with one attached hydrogen (secondary N) is 1. The first-order chi connectivity index (χ1) is 16.2. The quantitative estimate of drug-likeness (QED) is 0.380. The van der Waals surface area contributed by atoms with Crippen LogP contribution in [-0.4, -0.2) is 50.0 Å². The van der Waals surface area contributed by atoms with Gasteiger partial charge in [0.15, 0.2) is 0 Å². The van der Waals surface area contributed by atoms with E-state index in [0.29, 0.717) is 11.4 Å². The van der Waals surface area contributed by atoms with Gasteiger partial charge in [-0.05, 0) is 50.1 Å². The lowest BCUT2D eigenvalue weighted by Crippen LogP contribution is -2.53. The van der Waals surface area contributed by atoms with E-state index >= 15 is 0 Å². The van der Waals surface area contributed by atoms with Gasteiger partial charge >= 0.3 is 0 Å². The molecule has 0 radical (unpaired) electrons. The molecule has 192 valence electrons. The highest BCUT2D eigenvalue weighted by atomic mass is 35.5. The smallest absolute Gasteiger partial charge is 0.244 e. The molecule has 12 heteroatoms. The van der Waals surface area contributed by atoms with E-state index in [4.69, 9.17) is 46.4 Å². The molecule has 1 atom stereocenters. The SMILES string of the molecule is CC[C@@H](C(=O)NC(C)C)N(Cc1ccc(Cl)cc1)C(=O)CN(c1cc(Cl)c(Cl)cc1Cl)S(C)(=O)=O. The van der Waals surface area contributed by atoms with Crippen molar-refractivity contribution in [3.63, 3.8) is 0 Å². The van der Waals surface area contributed by atoms with Gasteiger partial charge in [0.2, 0.25) is 21.8 Å². The van der Waals surface area contributed by atoms with Crippen LogP contribution in [-0.2, 0) is 26.2 Å². The second-order valence-electron chi connectivity index (χ2n) is 8.22. The van der Waals surface area contributed by atoms with Crippen molar-refractivity contribution in [2.24, 2.45) is 0 Å². The van der Waals surface area contributed by atoms with Gasteiger partial charge in [-0.2, -0.15) is 0 Å². The van der Waals surface area contributed by atoms with Gasteiger partial charge in [-0.1, -0.05) is 65.5 Å². The second kappa shape index (κ2) is 12.5. The monoisotopic (exact) mass is 581 g/mol. The molecular weight excluding hydrogens is 556 g/mol. The number of hydrogen-bond acceptors (Lipinski definition) is 4. The van der Waals surface area contributed by atoms with E-state index in [-0.39, 0.29) is 39.2 Å². The lowest BCUT2D eigenvalue weighted by atomic mass is 10.1. The summed E-state index contributed by atoms with van der Waals surface area (Å²) in [4.78, 5) is 27.9. The van der Waals surface area contributed by atoms with Gasteiger partial charge in [0.25, 0.3) is 0 Å². The van der Waals surface area contributed by atoms with Crippen molar-refractivity contribution in [1.29, 1.82) is 0 Å². The zero-order valence-electron chi connectivity index (χ0n) is 19.7. The first-order valence-electron chi connectivity index (χ1n) is 10.7. The normalized spacial score (nSPS) is 12.4. The van der Waals surface area contributed by atoms with E-state index in [1.807, 2.05) is 13.8 Å². The van der Waals surface area contributed by atoms with E-state index in [9.17, 15) is 18.0 Å². The molecule has 0 heterocycles. The van der Waals surface area contributed by atoms with Gasteiger partial charge in [0.1, 0.15) is 12.6 Å². The molecule has 2 aromatic rings. The van der Waals surface area contributed by atoms with E-state index in [1.54, 1.807) is 31.2 Å². The Morgan fingerprint density at radius 2 is 1.54 bits per heavy atom. The second-order valence-corrected chi connectivity index (χ2v) is 11.8. The molecule has 7 nitrogen and oxygen atoms in total. The third kappa shape index (κ3) is 8.15. The maximum absolute atomic E-state index is 13.6. The Hall–Kier alpha value is -1.71. The molecule has 0 spiro atoms. The number of sulfonamides is 1. The molecule has 0 unspecified atom stereocenters. The van der Waals surface area contributed by atoms with Crippen LogP contribution in [0.15, 0.2) is 36.4 Å². The number of amides is 2. The summed E-state index contributed by atoms with van der Waals surface area (Å²) in [6, 6.07) is 8.42. The topological polar surface area (TPSA) is 86.8 Å². The van der Waals surface area contributed by atoms with E-state index < -0.39 is 28.5 Å². The van der Waals surface area contributed by atoms with Crippen LogP contribution >= 0.6 is 46.4 Å². The highest BCUT2D eigenvalue weighted by Gasteiger charge is 2.32. The third-order valence-electron chi connectivity index (χ3n) is 5.02. The van der Waals surface area contributed by atoms with Gasteiger partial charge in [0.05, 0.1) is 27.0 Å². The highest BCUT2D eigenvalue weighted by Crippen LogP contribution is 2.35. The van der Waals surface area contributed by atoms with Crippen molar-refractivity contribution in [1.82, 2.24) is 10.2 Å². The molecule has 0 aliphatic heterocycles. The summed E-state index contributed by atoms with van der Waals surface area (Å²) >= 11 is 24.3. The lowest BCUT2D eigenvalue weighted by molar-refractivity contribution is -0.140. The Labute approximate surface area is 226 Å². The van der Waals surface area contributed by atoms with Crippen LogP contribution in [0.2, 0.25) is 20.1 Å². The van der Waals surface area contributed by atoms with Gasteiger partial charge in [0, 0.05) is 17.6 Å². The molecule has 35 heavy (non-hydrogen) atoms. The van der Waals surface area contributed by atoms with Crippen molar-refractivity contribution in [2.45, 2.75) is 45.8 Å². The number of nitrogens with zero attached hydrogens (tertiary/aromatic N) is 2. The molecule has 0 saturated carbocycles. The number of halogens is 4. The zero-order chi connectivity index (χ0) is 26.5. The molecule has 2 rings (SSSR count). The lowest BCUT2D eigenvalue weighted by Gasteiger charge is -2.33. The number of carbonyl (C=O) groups excluding carboxylic acids is 2. The summed E-state index contributed by atoms with van der Waals surface area (Å²) in [6.07, 6.45) is 1.26. The van der Waals surface area contributed by atoms with Crippen molar-refractivity contribution in [3.05, 3.63) is 62.1 Å². The molecule has 0 aliphatic carbocycles. The minimum Gasteiger partial charge on any atom is -0.352 e. The first-order valence-corrected chi connectivity index (χ1v) is 14.1. The number of hydrogen-bond donors (Lipinski definition) is 1. The Balaban J connectivity index is 2.50. The average Bonchev–Trinajstić information content (AvgIpc) is 2.74. The van der Waals surface area contributed by atoms with Crippen LogP contribution in [0.25, 0.3) is 0 Å². The fraction of sp³-hybridized carbons (Fsp3) is 0.391. The molecule has 0 aromatic heterocycles. The van der Waals surface area contributed by atoms with Crippen LogP contribution in [0, 0.1) is 0 Å². The summed E-state index contributed by atoms with van der Waals surface area (Å²) in [7, 11) is -3.97. The molecule has 2 aromatic carbocycles. The predicted octanol–water partition coefficient (Wildman–Crippen LogP) is 5.40. The number of rotatable bonds is 10. The summed E-state index contributed by atoms with van der Waals surface area (Å²) in [5, 5.41) is 3.57. The maximum Gasteiger partial charge on any atom is 0.244 e. The largest absolute Gasteiger partial charge is 0.352 e. The Bertz CT molecular complexity index is 1170. The molecule has 0 aliphatic rings. The predicted molar refractivity (Wildman–Crippen MR) is 143 cm³/mol. The minimum atomic E-state index is -3.97.